The van der Waals surface area contributed by atoms with E-state index in [1.807, 2.05) is 54.6 Å². The highest BCUT2D eigenvalue weighted by Crippen LogP contribution is 2.39. The van der Waals surface area contributed by atoms with Gasteiger partial charge in [-0.15, -0.1) is 0 Å². The summed E-state index contributed by atoms with van der Waals surface area (Å²) in [4.78, 5) is 2.11. The summed E-state index contributed by atoms with van der Waals surface area (Å²) in [6.07, 6.45) is -4.41. The summed E-state index contributed by atoms with van der Waals surface area (Å²) >= 11 is 0. The van der Waals surface area contributed by atoms with Crippen LogP contribution in [-0.2, 0) is 12.8 Å². The van der Waals surface area contributed by atoms with E-state index in [1.54, 1.807) is 12.1 Å². The molecule has 3 nitrogen and oxygen atoms in total. The normalized spacial score (nSPS) is 16.1. The number of piperazine rings is 1. The van der Waals surface area contributed by atoms with Crippen LogP contribution in [0.4, 0.5) is 13.2 Å². The minimum atomic E-state index is -4.41. The molecule has 1 N–H and O–H groups in total. The van der Waals surface area contributed by atoms with Gasteiger partial charge in [-0.2, -0.15) is 13.2 Å². The second kappa shape index (κ2) is 9.54. The average molecular weight is 426 g/mol. The van der Waals surface area contributed by atoms with Gasteiger partial charge in [-0.25, -0.2) is 0 Å². The van der Waals surface area contributed by atoms with Crippen LogP contribution < -0.4 is 10.1 Å². The number of benzene rings is 3. The number of ether oxygens (including phenoxy) is 1. The van der Waals surface area contributed by atoms with Crippen molar-refractivity contribution in [3.05, 3.63) is 101 Å². The van der Waals surface area contributed by atoms with E-state index in [-0.39, 0.29) is 5.56 Å². The van der Waals surface area contributed by atoms with Crippen LogP contribution >= 0.6 is 0 Å². The average Bonchev–Trinajstić information content (AvgIpc) is 2.79. The van der Waals surface area contributed by atoms with Crippen LogP contribution in [0.2, 0.25) is 0 Å². The number of nitrogens with zero attached hydrogens (tertiary/aromatic N) is 1. The van der Waals surface area contributed by atoms with Crippen molar-refractivity contribution in [3.8, 4) is 5.75 Å². The molecule has 0 spiro atoms. The van der Waals surface area contributed by atoms with Crippen LogP contribution in [0.15, 0.2) is 78.9 Å². The van der Waals surface area contributed by atoms with Crippen molar-refractivity contribution in [2.75, 3.05) is 26.2 Å². The molecule has 0 aromatic heterocycles. The van der Waals surface area contributed by atoms with Crippen LogP contribution in [0.1, 0.15) is 28.3 Å². The molecule has 3 aromatic rings. The van der Waals surface area contributed by atoms with Crippen molar-refractivity contribution in [3.63, 3.8) is 0 Å². The first-order valence-electron chi connectivity index (χ1n) is 10.4. The van der Waals surface area contributed by atoms with Gasteiger partial charge >= 0.3 is 6.18 Å². The van der Waals surface area contributed by atoms with E-state index >= 15 is 0 Å². The Labute approximate surface area is 180 Å². The molecule has 0 amide bonds. The third-order valence-electron chi connectivity index (χ3n) is 5.50. The lowest BCUT2D eigenvalue weighted by atomic mass is 9.92. The standard InChI is InChI=1S/C25H25F3N2O/c26-25(27,28)23-12-5-4-11-22(23)24(30-15-13-29-14-16-30)20-9-6-10-21(17-20)31-18-19-7-2-1-3-8-19/h1-12,17,24,29H,13-16,18H2. The van der Waals surface area contributed by atoms with Crippen molar-refractivity contribution in [2.45, 2.75) is 18.8 Å². The van der Waals surface area contributed by atoms with Gasteiger partial charge in [-0.05, 0) is 34.9 Å². The molecule has 0 bridgehead atoms. The predicted molar refractivity (Wildman–Crippen MR) is 115 cm³/mol. The topological polar surface area (TPSA) is 24.5 Å². The minimum absolute atomic E-state index is 0.275. The summed E-state index contributed by atoms with van der Waals surface area (Å²) in [5.41, 5.74) is 1.52. The molecule has 1 heterocycles. The van der Waals surface area contributed by atoms with Gasteiger partial charge in [0.05, 0.1) is 11.6 Å². The Bertz CT molecular complexity index is 985. The maximum Gasteiger partial charge on any atom is 0.416 e. The fraction of sp³-hybridized carbons (Fsp3) is 0.280. The highest BCUT2D eigenvalue weighted by Gasteiger charge is 2.37. The van der Waals surface area contributed by atoms with E-state index in [0.717, 1.165) is 24.2 Å². The van der Waals surface area contributed by atoms with Crippen molar-refractivity contribution in [1.82, 2.24) is 10.2 Å². The number of halogens is 3. The molecule has 4 rings (SSSR count). The number of rotatable bonds is 6. The van der Waals surface area contributed by atoms with Gasteiger partial charge in [-0.1, -0.05) is 60.7 Å². The lowest BCUT2D eigenvalue weighted by Gasteiger charge is -2.36. The molecule has 1 saturated heterocycles. The summed E-state index contributed by atoms with van der Waals surface area (Å²) in [6, 6.07) is 22.6. The van der Waals surface area contributed by atoms with Crippen LogP contribution in [0.5, 0.6) is 5.75 Å². The third kappa shape index (κ3) is 5.27. The quantitative estimate of drug-likeness (QED) is 0.581. The predicted octanol–water partition coefficient (Wildman–Crippen LogP) is 5.28. The molecule has 162 valence electrons. The van der Waals surface area contributed by atoms with Crippen LogP contribution in [0.3, 0.4) is 0 Å². The fourth-order valence-corrected chi connectivity index (χ4v) is 4.04. The first kappa shape index (κ1) is 21.4. The van der Waals surface area contributed by atoms with Gasteiger partial charge in [0.25, 0.3) is 0 Å². The van der Waals surface area contributed by atoms with Crippen LogP contribution in [-0.4, -0.2) is 31.1 Å². The Hall–Kier alpha value is -2.83. The zero-order valence-corrected chi connectivity index (χ0v) is 17.1. The summed E-state index contributed by atoms with van der Waals surface area (Å²) < 4.78 is 47.4. The smallest absolute Gasteiger partial charge is 0.416 e. The summed E-state index contributed by atoms with van der Waals surface area (Å²) in [5.74, 6) is 0.644. The van der Waals surface area contributed by atoms with E-state index in [9.17, 15) is 13.2 Å². The highest BCUT2D eigenvalue weighted by atomic mass is 19.4. The van der Waals surface area contributed by atoms with Crippen molar-refractivity contribution in [2.24, 2.45) is 0 Å². The lowest BCUT2D eigenvalue weighted by molar-refractivity contribution is -0.138. The second-order valence-electron chi connectivity index (χ2n) is 7.62. The Morgan fingerprint density at radius 1 is 0.871 bits per heavy atom. The molecular formula is C25H25F3N2O. The maximum atomic E-state index is 13.8. The van der Waals surface area contributed by atoms with Gasteiger partial charge in [0, 0.05) is 26.2 Å². The zero-order chi connectivity index (χ0) is 21.7. The number of hydrogen-bond acceptors (Lipinski definition) is 3. The van der Waals surface area contributed by atoms with E-state index in [2.05, 4.69) is 10.2 Å². The van der Waals surface area contributed by atoms with E-state index in [0.29, 0.717) is 25.4 Å². The lowest BCUT2D eigenvalue weighted by Crippen LogP contribution is -2.45. The molecule has 6 heteroatoms. The molecule has 31 heavy (non-hydrogen) atoms. The number of nitrogens with one attached hydrogen (secondary N) is 1. The molecule has 0 aliphatic carbocycles. The number of alkyl halides is 3. The van der Waals surface area contributed by atoms with Gasteiger partial charge in [0.1, 0.15) is 12.4 Å². The summed E-state index contributed by atoms with van der Waals surface area (Å²) in [6.45, 7) is 3.24. The highest BCUT2D eigenvalue weighted by molar-refractivity contribution is 5.41. The molecule has 3 aromatic carbocycles. The van der Waals surface area contributed by atoms with Crippen molar-refractivity contribution in [1.29, 1.82) is 0 Å². The Morgan fingerprint density at radius 3 is 2.32 bits per heavy atom. The monoisotopic (exact) mass is 426 g/mol. The van der Waals surface area contributed by atoms with Gasteiger partial charge in [-0.3, -0.25) is 4.90 Å². The molecule has 0 radical (unpaired) electrons. The molecule has 1 aliphatic rings. The summed E-state index contributed by atoms with van der Waals surface area (Å²) in [7, 11) is 0. The molecule has 1 aliphatic heterocycles. The number of hydrogen-bond donors (Lipinski definition) is 1. The van der Waals surface area contributed by atoms with E-state index in [4.69, 9.17) is 4.74 Å². The minimum Gasteiger partial charge on any atom is -0.489 e. The van der Waals surface area contributed by atoms with Crippen LogP contribution in [0, 0.1) is 0 Å². The molecule has 1 atom stereocenters. The van der Waals surface area contributed by atoms with Gasteiger partial charge in [0.2, 0.25) is 0 Å². The maximum absolute atomic E-state index is 13.8. The Kier molecular flexibility index (Phi) is 6.59. The third-order valence-corrected chi connectivity index (χ3v) is 5.50. The molecule has 1 fully saturated rings. The zero-order valence-electron chi connectivity index (χ0n) is 17.1. The van der Waals surface area contributed by atoms with Gasteiger partial charge in [0.15, 0.2) is 0 Å². The van der Waals surface area contributed by atoms with E-state index < -0.39 is 17.8 Å². The summed E-state index contributed by atoms with van der Waals surface area (Å²) in [5, 5.41) is 3.28. The molecule has 0 saturated carbocycles. The van der Waals surface area contributed by atoms with Crippen LogP contribution in [0.25, 0.3) is 0 Å². The molecule has 1 unspecified atom stereocenters. The Balaban J connectivity index is 1.68. The second-order valence-corrected chi connectivity index (χ2v) is 7.62. The first-order chi connectivity index (χ1) is 15.0. The van der Waals surface area contributed by atoms with Crippen molar-refractivity contribution < 1.29 is 17.9 Å². The Morgan fingerprint density at radius 2 is 1.58 bits per heavy atom. The van der Waals surface area contributed by atoms with Gasteiger partial charge < -0.3 is 10.1 Å². The largest absolute Gasteiger partial charge is 0.489 e. The van der Waals surface area contributed by atoms with E-state index in [1.165, 1.54) is 12.1 Å². The van der Waals surface area contributed by atoms with Crippen molar-refractivity contribution >= 4 is 0 Å². The first-order valence-corrected chi connectivity index (χ1v) is 10.4. The SMILES string of the molecule is FC(F)(F)c1ccccc1C(c1cccc(OCc2ccccc2)c1)N1CCNCC1. The molecular weight excluding hydrogens is 401 g/mol. The fourth-order valence-electron chi connectivity index (χ4n) is 4.04.